The Hall–Kier alpha value is -3.02. The van der Waals surface area contributed by atoms with Crippen molar-refractivity contribution in [1.82, 2.24) is 10.6 Å². The first kappa shape index (κ1) is 20.7. The maximum atomic E-state index is 12.0. The van der Waals surface area contributed by atoms with Crippen LogP contribution in [0.3, 0.4) is 0 Å². The molecule has 0 saturated carbocycles. The number of anilines is 1. The molecule has 2 aromatic carbocycles. The Morgan fingerprint density at radius 2 is 1.48 bits per heavy atom. The SMILES string of the molecule is COc1ccc(CNC(=O)C(=O)NCCc2ccc(N3CCCCC3)cc2)cc1. The summed E-state index contributed by atoms with van der Waals surface area (Å²) in [5.74, 6) is -0.480. The van der Waals surface area contributed by atoms with Gasteiger partial charge in [0.2, 0.25) is 0 Å². The van der Waals surface area contributed by atoms with E-state index in [4.69, 9.17) is 4.74 Å². The zero-order valence-electron chi connectivity index (χ0n) is 16.9. The molecule has 3 rings (SSSR count). The van der Waals surface area contributed by atoms with Crippen molar-refractivity contribution in [2.75, 3.05) is 31.6 Å². The van der Waals surface area contributed by atoms with E-state index in [0.29, 0.717) is 19.5 Å². The minimum atomic E-state index is -0.624. The third-order valence-corrected chi connectivity index (χ3v) is 5.18. The average Bonchev–Trinajstić information content (AvgIpc) is 2.78. The smallest absolute Gasteiger partial charge is 0.309 e. The standard InChI is InChI=1S/C23H29N3O3/c1-29-21-11-7-19(8-12-21)17-25-23(28)22(27)24-14-13-18-5-9-20(10-6-18)26-15-3-2-4-16-26/h5-12H,2-4,13-17H2,1H3,(H,24,27)(H,25,28). The highest BCUT2D eigenvalue weighted by Gasteiger charge is 2.13. The maximum Gasteiger partial charge on any atom is 0.309 e. The quantitative estimate of drug-likeness (QED) is 0.707. The van der Waals surface area contributed by atoms with Crippen LogP contribution in [0.2, 0.25) is 0 Å². The van der Waals surface area contributed by atoms with Crippen LogP contribution in [0.5, 0.6) is 5.75 Å². The van der Waals surface area contributed by atoms with Gasteiger partial charge in [0.25, 0.3) is 0 Å². The molecule has 0 unspecified atom stereocenters. The molecule has 0 spiro atoms. The van der Waals surface area contributed by atoms with Gasteiger partial charge in [-0.2, -0.15) is 0 Å². The molecule has 1 saturated heterocycles. The average molecular weight is 396 g/mol. The van der Waals surface area contributed by atoms with Crippen LogP contribution in [-0.4, -0.2) is 38.6 Å². The molecule has 0 atom stereocenters. The topological polar surface area (TPSA) is 70.7 Å². The first-order valence-electron chi connectivity index (χ1n) is 10.2. The second kappa shape index (κ2) is 10.5. The van der Waals surface area contributed by atoms with E-state index in [2.05, 4.69) is 39.8 Å². The highest BCUT2D eigenvalue weighted by molar-refractivity contribution is 6.35. The van der Waals surface area contributed by atoms with E-state index in [1.165, 1.54) is 24.9 Å². The van der Waals surface area contributed by atoms with Crippen LogP contribution >= 0.6 is 0 Å². The van der Waals surface area contributed by atoms with E-state index < -0.39 is 11.8 Å². The number of amides is 2. The Kier molecular flexibility index (Phi) is 7.50. The number of carbonyl (C=O) groups excluding carboxylic acids is 2. The van der Waals surface area contributed by atoms with Crippen molar-refractivity contribution in [3.05, 3.63) is 59.7 Å². The molecular weight excluding hydrogens is 366 g/mol. The number of nitrogens with zero attached hydrogens (tertiary/aromatic N) is 1. The van der Waals surface area contributed by atoms with Crippen molar-refractivity contribution in [1.29, 1.82) is 0 Å². The van der Waals surface area contributed by atoms with Crippen molar-refractivity contribution in [3.8, 4) is 5.75 Å². The number of methoxy groups -OCH3 is 1. The second-order valence-corrected chi connectivity index (χ2v) is 7.25. The lowest BCUT2D eigenvalue weighted by Crippen LogP contribution is -2.40. The van der Waals surface area contributed by atoms with Crippen molar-refractivity contribution >= 4 is 17.5 Å². The van der Waals surface area contributed by atoms with Crippen LogP contribution in [0, 0.1) is 0 Å². The highest BCUT2D eigenvalue weighted by atomic mass is 16.5. The summed E-state index contributed by atoms with van der Waals surface area (Å²) in [5.41, 5.74) is 3.31. The minimum Gasteiger partial charge on any atom is -0.497 e. The summed E-state index contributed by atoms with van der Waals surface area (Å²) in [5, 5.41) is 5.31. The summed E-state index contributed by atoms with van der Waals surface area (Å²) in [6, 6.07) is 15.8. The van der Waals surface area contributed by atoms with Gasteiger partial charge in [0, 0.05) is 31.9 Å². The third kappa shape index (κ3) is 6.24. The number of nitrogens with one attached hydrogen (secondary N) is 2. The highest BCUT2D eigenvalue weighted by Crippen LogP contribution is 2.20. The van der Waals surface area contributed by atoms with E-state index in [0.717, 1.165) is 30.0 Å². The molecule has 2 N–H and O–H groups in total. The van der Waals surface area contributed by atoms with E-state index in [-0.39, 0.29) is 0 Å². The summed E-state index contributed by atoms with van der Waals surface area (Å²) in [6.45, 7) is 2.98. The molecule has 0 aromatic heterocycles. The number of rotatable bonds is 7. The Morgan fingerprint density at radius 3 is 2.14 bits per heavy atom. The normalized spacial score (nSPS) is 13.6. The molecular formula is C23H29N3O3. The van der Waals surface area contributed by atoms with E-state index in [1.54, 1.807) is 7.11 Å². The Morgan fingerprint density at radius 1 is 0.862 bits per heavy atom. The van der Waals surface area contributed by atoms with Gasteiger partial charge in [-0.1, -0.05) is 24.3 Å². The monoisotopic (exact) mass is 395 g/mol. The molecule has 1 heterocycles. The van der Waals surface area contributed by atoms with Crippen molar-refractivity contribution in [2.45, 2.75) is 32.2 Å². The van der Waals surface area contributed by atoms with Crippen LogP contribution in [0.4, 0.5) is 5.69 Å². The van der Waals surface area contributed by atoms with Crippen LogP contribution in [0.1, 0.15) is 30.4 Å². The molecule has 154 valence electrons. The van der Waals surface area contributed by atoms with Gasteiger partial charge in [0.15, 0.2) is 0 Å². The van der Waals surface area contributed by atoms with Gasteiger partial charge in [-0.25, -0.2) is 0 Å². The molecule has 0 radical (unpaired) electrons. The molecule has 2 aromatic rings. The van der Waals surface area contributed by atoms with Gasteiger partial charge in [0.1, 0.15) is 5.75 Å². The largest absolute Gasteiger partial charge is 0.497 e. The zero-order valence-corrected chi connectivity index (χ0v) is 16.9. The lowest BCUT2D eigenvalue weighted by molar-refractivity contribution is -0.139. The van der Waals surface area contributed by atoms with Crippen LogP contribution in [0.15, 0.2) is 48.5 Å². The number of benzene rings is 2. The predicted octanol–water partition coefficient (Wildman–Crippen LogP) is 2.66. The van der Waals surface area contributed by atoms with E-state index >= 15 is 0 Å². The fourth-order valence-electron chi connectivity index (χ4n) is 3.43. The molecule has 2 amide bonds. The maximum absolute atomic E-state index is 12.0. The molecule has 0 aliphatic carbocycles. The summed E-state index contributed by atoms with van der Waals surface area (Å²) < 4.78 is 5.10. The number of piperidine rings is 1. The molecule has 29 heavy (non-hydrogen) atoms. The van der Waals surface area contributed by atoms with Gasteiger partial charge in [0.05, 0.1) is 7.11 Å². The third-order valence-electron chi connectivity index (χ3n) is 5.18. The molecule has 1 aliphatic rings. The number of carbonyl (C=O) groups is 2. The van der Waals surface area contributed by atoms with Gasteiger partial charge < -0.3 is 20.3 Å². The van der Waals surface area contributed by atoms with Gasteiger partial charge in [-0.05, 0) is 61.1 Å². The Balaban J connectivity index is 1.37. The first-order valence-corrected chi connectivity index (χ1v) is 10.2. The van der Waals surface area contributed by atoms with Crippen LogP contribution in [-0.2, 0) is 22.6 Å². The fourth-order valence-corrected chi connectivity index (χ4v) is 3.43. The van der Waals surface area contributed by atoms with E-state index in [1.807, 2.05) is 24.3 Å². The molecule has 6 heteroatoms. The van der Waals surface area contributed by atoms with Gasteiger partial charge in [-0.15, -0.1) is 0 Å². The van der Waals surface area contributed by atoms with Crippen molar-refractivity contribution in [2.24, 2.45) is 0 Å². The number of ether oxygens (including phenoxy) is 1. The number of hydrogen-bond acceptors (Lipinski definition) is 4. The first-order chi connectivity index (χ1) is 14.2. The lowest BCUT2D eigenvalue weighted by Gasteiger charge is -2.28. The molecule has 0 bridgehead atoms. The van der Waals surface area contributed by atoms with Gasteiger partial charge in [-0.3, -0.25) is 9.59 Å². The van der Waals surface area contributed by atoms with Crippen molar-refractivity contribution < 1.29 is 14.3 Å². The van der Waals surface area contributed by atoms with Crippen LogP contribution < -0.4 is 20.3 Å². The number of hydrogen-bond donors (Lipinski definition) is 2. The summed E-state index contributed by atoms with van der Waals surface area (Å²) in [4.78, 5) is 26.3. The minimum absolute atomic E-state index is 0.300. The summed E-state index contributed by atoms with van der Waals surface area (Å²) in [7, 11) is 1.60. The molecule has 6 nitrogen and oxygen atoms in total. The second-order valence-electron chi connectivity index (χ2n) is 7.25. The predicted molar refractivity (Wildman–Crippen MR) is 114 cm³/mol. The summed E-state index contributed by atoms with van der Waals surface area (Å²) in [6.07, 6.45) is 4.53. The zero-order chi connectivity index (χ0) is 20.5. The Bertz CT molecular complexity index is 797. The fraction of sp³-hybridized carbons (Fsp3) is 0.391. The van der Waals surface area contributed by atoms with Gasteiger partial charge >= 0.3 is 11.8 Å². The lowest BCUT2D eigenvalue weighted by atomic mass is 10.1. The van der Waals surface area contributed by atoms with Crippen molar-refractivity contribution in [3.63, 3.8) is 0 Å². The summed E-state index contributed by atoms with van der Waals surface area (Å²) >= 11 is 0. The molecule has 1 fully saturated rings. The van der Waals surface area contributed by atoms with E-state index in [9.17, 15) is 9.59 Å². The van der Waals surface area contributed by atoms with Crippen LogP contribution in [0.25, 0.3) is 0 Å². The Labute approximate surface area is 172 Å². The molecule has 1 aliphatic heterocycles.